The number of carboxylic acids is 1. The van der Waals surface area contributed by atoms with Gasteiger partial charge in [-0.3, -0.25) is 4.98 Å². The summed E-state index contributed by atoms with van der Waals surface area (Å²) in [5.41, 5.74) is 1.37. The van der Waals surface area contributed by atoms with Gasteiger partial charge < -0.3 is 5.11 Å². The second-order valence-corrected chi connectivity index (χ2v) is 5.05. The van der Waals surface area contributed by atoms with Gasteiger partial charge in [0.15, 0.2) is 0 Å². The maximum atomic E-state index is 11.0. The normalized spacial score (nSPS) is 10.3. The van der Waals surface area contributed by atoms with Crippen molar-refractivity contribution in [2.45, 2.75) is 10.6 Å². The number of nitrogens with zero attached hydrogens (tertiary/aromatic N) is 1. The van der Waals surface area contributed by atoms with Gasteiger partial charge in [0.2, 0.25) is 0 Å². The van der Waals surface area contributed by atoms with E-state index in [1.807, 2.05) is 24.3 Å². The second kappa shape index (κ2) is 5.89. The van der Waals surface area contributed by atoms with Crippen LogP contribution in [0.5, 0.6) is 0 Å². The Kier molecular flexibility index (Phi) is 4.23. The van der Waals surface area contributed by atoms with Crippen molar-refractivity contribution >= 4 is 29.3 Å². The van der Waals surface area contributed by atoms with Crippen LogP contribution in [-0.4, -0.2) is 16.1 Å². The first kappa shape index (κ1) is 12.9. The van der Waals surface area contributed by atoms with Gasteiger partial charge in [-0.2, -0.15) is 0 Å². The number of aromatic nitrogens is 1. The topological polar surface area (TPSA) is 50.2 Å². The lowest BCUT2D eigenvalue weighted by Gasteiger charge is -2.05. The van der Waals surface area contributed by atoms with Crippen LogP contribution < -0.4 is 0 Å². The fourth-order valence-electron chi connectivity index (χ4n) is 1.41. The molecule has 0 amide bonds. The van der Waals surface area contributed by atoms with Crippen LogP contribution in [0.15, 0.2) is 47.6 Å². The highest BCUT2D eigenvalue weighted by molar-refractivity contribution is 7.98. The summed E-state index contributed by atoms with van der Waals surface area (Å²) in [5, 5.41) is 9.73. The third-order valence-corrected chi connectivity index (χ3v) is 3.69. The number of hydrogen-bond donors (Lipinski definition) is 1. The van der Waals surface area contributed by atoms with E-state index in [1.54, 1.807) is 6.20 Å². The molecule has 0 aliphatic heterocycles. The summed E-state index contributed by atoms with van der Waals surface area (Å²) in [6, 6.07) is 8.99. The van der Waals surface area contributed by atoms with E-state index in [1.165, 1.54) is 24.0 Å². The molecule has 1 heterocycles. The van der Waals surface area contributed by atoms with Crippen LogP contribution in [0.2, 0.25) is 5.02 Å². The third kappa shape index (κ3) is 3.24. The van der Waals surface area contributed by atoms with E-state index in [2.05, 4.69) is 4.98 Å². The fourth-order valence-corrected chi connectivity index (χ4v) is 2.50. The van der Waals surface area contributed by atoms with Gasteiger partial charge in [0, 0.05) is 28.1 Å². The predicted molar refractivity (Wildman–Crippen MR) is 72.2 cm³/mol. The Bertz CT molecular complexity index is 557. The lowest BCUT2D eigenvalue weighted by Crippen LogP contribution is -1.99. The van der Waals surface area contributed by atoms with E-state index < -0.39 is 5.97 Å². The number of carbonyl (C=O) groups is 1. The molecule has 0 saturated heterocycles. The van der Waals surface area contributed by atoms with Crippen LogP contribution in [0.25, 0.3) is 0 Å². The Hall–Kier alpha value is -1.52. The van der Waals surface area contributed by atoms with Crippen LogP contribution in [0.1, 0.15) is 15.9 Å². The molecule has 5 heteroatoms. The molecule has 0 saturated carbocycles. The third-order valence-electron chi connectivity index (χ3n) is 2.32. The van der Waals surface area contributed by atoms with Crippen LogP contribution in [0, 0.1) is 0 Å². The number of benzene rings is 1. The first-order valence-electron chi connectivity index (χ1n) is 5.21. The first-order valence-corrected chi connectivity index (χ1v) is 6.58. The highest BCUT2D eigenvalue weighted by Crippen LogP contribution is 2.26. The lowest BCUT2D eigenvalue weighted by atomic mass is 10.2. The molecule has 0 bridgehead atoms. The van der Waals surface area contributed by atoms with Crippen LogP contribution in [0.3, 0.4) is 0 Å². The van der Waals surface area contributed by atoms with Crippen LogP contribution in [-0.2, 0) is 5.75 Å². The van der Waals surface area contributed by atoms with Crippen molar-refractivity contribution in [1.29, 1.82) is 0 Å². The van der Waals surface area contributed by atoms with E-state index >= 15 is 0 Å². The molecule has 1 aromatic carbocycles. The molecular weight excluding hydrogens is 270 g/mol. The minimum absolute atomic E-state index is 0.281. The van der Waals surface area contributed by atoms with Crippen molar-refractivity contribution in [1.82, 2.24) is 4.98 Å². The molecule has 2 rings (SSSR count). The Morgan fingerprint density at radius 3 is 2.67 bits per heavy atom. The first-order chi connectivity index (χ1) is 8.66. The Morgan fingerprint density at radius 2 is 2.00 bits per heavy atom. The van der Waals surface area contributed by atoms with E-state index in [9.17, 15) is 4.79 Å². The van der Waals surface area contributed by atoms with Crippen LogP contribution >= 0.6 is 23.4 Å². The summed E-state index contributed by atoms with van der Waals surface area (Å²) in [5.74, 6) is -0.251. The molecule has 0 unspecified atom stereocenters. The lowest BCUT2D eigenvalue weighted by molar-refractivity contribution is 0.0693. The molecule has 0 radical (unpaired) electrons. The molecule has 3 nitrogen and oxygen atoms in total. The summed E-state index contributed by atoms with van der Waals surface area (Å²) in [4.78, 5) is 15.6. The maximum absolute atomic E-state index is 11.0. The van der Waals surface area contributed by atoms with Gasteiger partial charge in [0.05, 0.1) is 5.56 Å². The summed E-state index contributed by atoms with van der Waals surface area (Å²) in [6.45, 7) is 0. The highest BCUT2D eigenvalue weighted by Gasteiger charge is 2.09. The predicted octanol–water partition coefficient (Wildman–Crippen LogP) is 3.73. The largest absolute Gasteiger partial charge is 0.478 e. The van der Waals surface area contributed by atoms with Gasteiger partial charge in [-0.05, 0) is 23.8 Å². The molecule has 0 spiro atoms. The molecule has 0 aliphatic rings. The van der Waals surface area contributed by atoms with Crippen molar-refractivity contribution in [3.8, 4) is 0 Å². The maximum Gasteiger partial charge on any atom is 0.336 e. The van der Waals surface area contributed by atoms with Gasteiger partial charge in [0.25, 0.3) is 0 Å². The number of aromatic carboxylic acids is 1. The van der Waals surface area contributed by atoms with Gasteiger partial charge in [-0.25, -0.2) is 4.79 Å². The molecule has 0 aliphatic carbocycles. The molecule has 1 N–H and O–H groups in total. The van der Waals surface area contributed by atoms with Gasteiger partial charge in [-0.1, -0.05) is 23.7 Å². The van der Waals surface area contributed by atoms with Gasteiger partial charge >= 0.3 is 5.97 Å². The molecule has 92 valence electrons. The van der Waals surface area contributed by atoms with E-state index in [0.29, 0.717) is 15.7 Å². The zero-order valence-electron chi connectivity index (χ0n) is 9.34. The molecule has 0 atom stereocenters. The fraction of sp³-hybridized carbons (Fsp3) is 0.0769. The summed E-state index contributed by atoms with van der Waals surface area (Å²) in [6.07, 6.45) is 3.06. The van der Waals surface area contributed by atoms with Gasteiger partial charge in [-0.15, -0.1) is 11.8 Å². The Morgan fingerprint density at radius 1 is 1.28 bits per heavy atom. The quantitative estimate of drug-likeness (QED) is 0.867. The van der Waals surface area contributed by atoms with Crippen molar-refractivity contribution in [3.63, 3.8) is 0 Å². The SMILES string of the molecule is O=C(O)c1ccncc1SCc1ccc(Cl)cc1. The van der Waals surface area contributed by atoms with E-state index in [4.69, 9.17) is 16.7 Å². The molecule has 18 heavy (non-hydrogen) atoms. The monoisotopic (exact) mass is 279 g/mol. The van der Waals surface area contributed by atoms with Crippen LogP contribution in [0.4, 0.5) is 0 Å². The number of pyridine rings is 1. The summed E-state index contributed by atoms with van der Waals surface area (Å²) < 4.78 is 0. The number of rotatable bonds is 4. The highest BCUT2D eigenvalue weighted by atomic mass is 35.5. The zero-order chi connectivity index (χ0) is 13.0. The standard InChI is InChI=1S/C13H10ClNO2S/c14-10-3-1-9(2-4-10)8-18-12-7-15-6-5-11(12)13(16)17/h1-7H,8H2,(H,16,17). The molecule has 2 aromatic rings. The molecule has 0 fully saturated rings. The average molecular weight is 280 g/mol. The Labute approximate surface area is 114 Å². The number of hydrogen-bond acceptors (Lipinski definition) is 3. The number of halogens is 1. The van der Waals surface area contributed by atoms with Crippen molar-refractivity contribution in [2.75, 3.05) is 0 Å². The summed E-state index contributed by atoms with van der Waals surface area (Å²) >= 11 is 7.25. The van der Waals surface area contributed by atoms with E-state index in [0.717, 1.165) is 5.56 Å². The van der Waals surface area contributed by atoms with Crippen molar-refractivity contribution in [2.24, 2.45) is 0 Å². The second-order valence-electron chi connectivity index (χ2n) is 3.59. The minimum atomic E-state index is -0.934. The average Bonchev–Trinajstić information content (AvgIpc) is 2.38. The smallest absolute Gasteiger partial charge is 0.336 e. The zero-order valence-corrected chi connectivity index (χ0v) is 10.9. The molecular formula is C13H10ClNO2S. The van der Waals surface area contributed by atoms with Gasteiger partial charge in [0.1, 0.15) is 0 Å². The molecule has 1 aromatic heterocycles. The Balaban J connectivity index is 2.10. The summed E-state index contributed by atoms with van der Waals surface area (Å²) in [7, 11) is 0. The number of carboxylic acid groups (broad SMARTS) is 1. The minimum Gasteiger partial charge on any atom is -0.478 e. The van der Waals surface area contributed by atoms with Crippen molar-refractivity contribution < 1.29 is 9.90 Å². The number of thioether (sulfide) groups is 1. The van der Waals surface area contributed by atoms with Crippen molar-refractivity contribution in [3.05, 3.63) is 58.9 Å². The van der Waals surface area contributed by atoms with E-state index in [-0.39, 0.29) is 5.56 Å².